The van der Waals surface area contributed by atoms with Crippen LogP contribution in [0.5, 0.6) is 5.75 Å². The van der Waals surface area contributed by atoms with E-state index in [-0.39, 0.29) is 18.3 Å². The largest absolute Gasteiger partial charge is 0.508 e. The van der Waals surface area contributed by atoms with E-state index in [1.807, 2.05) is 26.8 Å². The molecule has 0 saturated carbocycles. The predicted octanol–water partition coefficient (Wildman–Crippen LogP) is 5.39. The van der Waals surface area contributed by atoms with Crippen LogP contribution in [0.25, 0.3) is 0 Å². The highest BCUT2D eigenvalue weighted by molar-refractivity contribution is 6.30. The standard InChI is InChI=1S/C23H28ClNO4/c1-23(2,3)29-22(28)25(14-21(27)16-7-4-8-17(24)12-16)20-9-5-6-15-10-11-18(26)13-19(15)20/h4,7-8,10-13,20-21,26-27H,5-6,9,14H2,1-3H3/t20?,21-/m1/s1. The highest BCUT2D eigenvalue weighted by atomic mass is 35.5. The van der Waals surface area contributed by atoms with Gasteiger partial charge >= 0.3 is 6.09 Å². The molecule has 1 amide bonds. The molecule has 2 aromatic carbocycles. The van der Waals surface area contributed by atoms with Crippen molar-refractivity contribution in [2.24, 2.45) is 0 Å². The summed E-state index contributed by atoms with van der Waals surface area (Å²) in [6, 6.07) is 12.0. The third-order valence-corrected chi connectivity index (χ3v) is 5.25. The third-order valence-electron chi connectivity index (χ3n) is 5.02. The summed E-state index contributed by atoms with van der Waals surface area (Å²) in [5, 5.41) is 21.4. The van der Waals surface area contributed by atoms with E-state index in [9.17, 15) is 15.0 Å². The molecule has 5 nitrogen and oxygen atoms in total. The molecule has 1 aliphatic carbocycles. The molecule has 2 N–H and O–H groups in total. The summed E-state index contributed by atoms with van der Waals surface area (Å²) in [5.41, 5.74) is 1.98. The lowest BCUT2D eigenvalue weighted by Crippen LogP contribution is -2.42. The second kappa shape index (κ2) is 8.64. The number of aliphatic hydroxyl groups excluding tert-OH is 1. The quantitative estimate of drug-likeness (QED) is 0.699. The lowest BCUT2D eigenvalue weighted by molar-refractivity contribution is 0.00112. The third kappa shape index (κ3) is 5.43. The molecular weight excluding hydrogens is 390 g/mol. The van der Waals surface area contributed by atoms with Gasteiger partial charge in [0, 0.05) is 5.02 Å². The number of halogens is 1. The molecule has 0 aromatic heterocycles. The number of benzene rings is 2. The van der Waals surface area contributed by atoms with Gasteiger partial charge in [-0.15, -0.1) is 0 Å². The minimum Gasteiger partial charge on any atom is -0.508 e. The maximum Gasteiger partial charge on any atom is 0.410 e. The van der Waals surface area contributed by atoms with E-state index < -0.39 is 17.8 Å². The van der Waals surface area contributed by atoms with Gasteiger partial charge in [-0.1, -0.05) is 29.8 Å². The number of phenols is 1. The van der Waals surface area contributed by atoms with Crippen molar-refractivity contribution in [2.45, 2.75) is 57.8 Å². The van der Waals surface area contributed by atoms with Crippen molar-refractivity contribution < 1.29 is 19.7 Å². The number of phenolic OH excluding ortho intramolecular Hbond substituents is 1. The van der Waals surface area contributed by atoms with Crippen molar-refractivity contribution >= 4 is 17.7 Å². The molecule has 6 heteroatoms. The first-order valence-electron chi connectivity index (χ1n) is 9.89. The van der Waals surface area contributed by atoms with Crippen LogP contribution >= 0.6 is 11.6 Å². The maximum absolute atomic E-state index is 13.1. The highest BCUT2D eigenvalue weighted by Crippen LogP contribution is 2.38. The van der Waals surface area contributed by atoms with Crippen LogP contribution in [0.2, 0.25) is 5.02 Å². The molecule has 1 unspecified atom stereocenters. The highest BCUT2D eigenvalue weighted by Gasteiger charge is 2.34. The number of aryl methyl sites for hydroxylation is 1. The van der Waals surface area contributed by atoms with Crippen LogP contribution in [0.3, 0.4) is 0 Å². The van der Waals surface area contributed by atoms with E-state index >= 15 is 0 Å². The van der Waals surface area contributed by atoms with E-state index in [2.05, 4.69) is 0 Å². The Balaban J connectivity index is 1.94. The van der Waals surface area contributed by atoms with Crippen LogP contribution in [0.15, 0.2) is 42.5 Å². The zero-order valence-corrected chi connectivity index (χ0v) is 17.8. The van der Waals surface area contributed by atoms with Gasteiger partial charge in [-0.05, 0) is 81.0 Å². The van der Waals surface area contributed by atoms with Crippen LogP contribution in [0.1, 0.15) is 62.4 Å². The topological polar surface area (TPSA) is 70.0 Å². The van der Waals surface area contributed by atoms with Gasteiger partial charge in [0.1, 0.15) is 11.4 Å². The summed E-state index contributed by atoms with van der Waals surface area (Å²) in [6.45, 7) is 5.51. The van der Waals surface area contributed by atoms with Gasteiger partial charge in [0.05, 0.1) is 18.7 Å². The number of fused-ring (bicyclic) bond motifs is 1. The fraction of sp³-hybridized carbons (Fsp3) is 0.435. The van der Waals surface area contributed by atoms with E-state index in [1.54, 1.807) is 41.3 Å². The molecule has 2 atom stereocenters. The van der Waals surface area contributed by atoms with Crippen LogP contribution < -0.4 is 0 Å². The Labute approximate surface area is 176 Å². The summed E-state index contributed by atoms with van der Waals surface area (Å²) < 4.78 is 5.65. The van der Waals surface area contributed by atoms with Gasteiger partial charge < -0.3 is 14.9 Å². The average Bonchev–Trinajstić information content (AvgIpc) is 2.64. The van der Waals surface area contributed by atoms with Gasteiger partial charge in [0.25, 0.3) is 0 Å². The fourth-order valence-corrected chi connectivity index (χ4v) is 3.94. The Morgan fingerprint density at radius 2 is 2.03 bits per heavy atom. The Morgan fingerprint density at radius 1 is 1.28 bits per heavy atom. The Morgan fingerprint density at radius 3 is 2.72 bits per heavy atom. The van der Waals surface area contributed by atoms with E-state index in [1.165, 1.54) is 0 Å². The van der Waals surface area contributed by atoms with Crippen LogP contribution in [-0.4, -0.2) is 33.4 Å². The first-order chi connectivity index (χ1) is 13.6. The number of aliphatic hydroxyl groups is 1. The number of hydrogen-bond acceptors (Lipinski definition) is 4. The Hall–Kier alpha value is -2.24. The molecule has 1 aliphatic rings. The number of rotatable bonds is 4. The molecule has 0 radical (unpaired) electrons. The van der Waals surface area contributed by atoms with Crippen molar-refractivity contribution in [1.29, 1.82) is 0 Å². The van der Waals surface area contributed by atoms with Crippen LogP contribution in [-0.2, 0) is 11.2 Å². The molecule has 2 aromatic rings. The summed E-state index contributed by atoms with van der Waals surface area (Å²) in [4.78, 5) is 14.7. The van der Waals surface area contributed by atoms with Gasteiger partial charge in [-0.2, -0.15) is 0 Å². The lowest BCUT2D eigenvalue weighted by atomic mass is 9.86. The molecule has 29 heavy (non-hydrogen) atoms. The van der Waals surface area contributed by atoms with Crippen molar-refractivity contribution in [3.05, 3.63) is 64.2 Å². The summed E-state index contributed by atoms with van der Waals surface area (Å²) >= 11 is 6.06. The van der Waals surface area contributed by atoms with Crippen LogP contribution in [0, 0.1) is 0 Å². The second-order valence-corrected chi connectivity index (χ2v) is 8.93. The molecule has 0 aliphatic heterocycles. The first kappa shape index (κ1) is 21.5. The summed E-state index contributed by atoms with van der Waals surface area (Å²) in [5.74, 6) is 0.162. The summed E-state index contributed by atoms with van der Waals surface area (Å²) in [7, 11) is 0. The van der Waals surface area contributed by atoms with Gasteiger partial charge in [-0.3, -0.25) is 4.90 Å². The maximum atomic E-state index is 13.1. The number of hydrogen-bond donors (Lipinski definition) is 2. The molecule has 3 rings (SSSR count). The minimum atomic E-state index is -0.913. The monoisotopic (exact) mass is 417 g/mol. The zero-order valence-electron chi connectivity index (χ0n) is 17.1. The molecular formula is C23H28ClNO4. The Kier molecular flexibility index (Phi) is 6.39. The number of carbonyl (C=O) groups excluding carboxylic acids is 1. The van der Waals surface area contributed by atoms with Crippen molar-refractivity contribution in [3.63, 3.8) is 0 Å². The van der Waals surface area contributed by atoms with Crippen molar-refractivity contribution in [1.82, 2.24) is 4.90 Å². The molecule has 156 valence electrons. The lowest BCUT2D eigenvalue weighted by Gasteiger charge is -2.38. The molecule has 0 heterocycles. The summed E-state index contributed by atoms with van der Waals surface area (Å²) in [6.07, 6.45) is 1.14. The van der Waals surface area contributed by atoms with Gasteiger partial charge in [0.2, 0.25) is 0 Å². The second-order valence-electron chi connectivity index (χ2n) is 8.49. The van der Waals surface area contributed by atoms with E-state index in [0.717, 1.165) is 30.4 Å². The smallest absolute Gasteiger partial charge is 0.410 e. The van der Waals surface area contributed by atoms with Crippen LogP contribution in [0.4, 0.5) is 4.79 Å². The molecule has 0 bridgehead atoms. The fourth-order valence-electron chi connectivity index (χ4n) is 3.74. The molecule has 0 fully saturated rings. The number of amides is 1. The van der Waals surface area contributed by atoms with Gasteiger partial charge in [0.15, 0.2) is 0 Å². The van der Waals surface area contributed by atoms with Crippen molar-refractivity contribution in [3.8, 4) is 5.75 Å². The predicted molar refractivity (Wildman–Crippen MR) is 113 cm³/mol. The zero-order chi connectivity index (χ0) is 21.2. The average molecular weight is 418 g/mol. The molecule has 0 spiro atoms. The van der Waals surface area contributed by atoms with Crippen molar-refractivity contribution in [2.75, 3.05) is 6.54 Å². The number of carbonyl (C=O) groups is 1. The normalized spacial score (nSPS) is 17.3. The Bertz CT molecular complexity index is 877. The van der Waals surface area contributed by atoms with Gasteiger partial charge in [-0.25, -0.2) is 4.79 Å². The number of ether oxygens (including phenoxy) is 1. The minimum absolute atomic E-state index is 0.0645. The molecule has 0 saturated heterocycles. The van der Waals surface area contributed by atoms with E-state index in [4.69, 9.17) is 16.3 Å². The SMILES string of the molecule is CC(C)(C)OC(=O)N(C[C@@H](O)c1cccc(Cl)c1)C1CCCc2ccc(O)cc21. The number of aromatic hydroxyl groups is 1. The van der Waals surface area contributed by atoms with E-state index in [0.29, 0.717) is 10.6 Å². The number of nitrogens with zero attached hydrogens (tertiary/aromatic N) is 1. The first-order valence-corrected chi connectivity index (χ1v) is 10.3.